The number of nitrogens with zero attached hydrogens (tertiary/aromatic N) is 1. The molecule has 1 unspecified atom stereocenters. The first-order valence-electron chi connectivity index (χ1n) is 8.74. The highest BCUT2D eigenvalue weighted by Crippen LogP contribution is 2.26. The van der Waals surface area contributed by atoms with Gasteiger partial charge in [-0.1, -0.05) is 73.7 Å². The molecule has 4 rings (SSSR count). The number of benzene rings is 3. The largest absolute Gasteiger partial charge is 0.270 e. The molecule has 128 valence electrons. The Kier molecular flexibility index (Phi) is 4.13. The van der Waals surface area contributed by atoms with E-state index in [9.17, 15) is 9.59 Å². The van der Waals surface area contributed by atoms with Gasteiger partial charge in [-0.05, 0) is 28.8 Å². The fourth-order valence-corrected chi connectivity index (χ4v) is 3.41. The molecule has 2 amide bonds. The normalized spacial score (nSPS) is 14.4. The molecular weight excluding hydrogens is 322 g/mol. The molecule has 0 bridgehead atoms. The van der Waals surface area contributed by atoms with Crippen LogP contribution in [0.2, 0.25) is 0 Å². The summed E-state index contributed by atoms with van der Waals surface area (Å²) in [6, 6.07) is 25.5. The predicted molar refractivity (Wildman–Crippen MR) is 101 cm³/mol. The standard InChI is InChI=1S/C23H19NO2/c1-16(18-7-3-2-4-8-18)19-13-11-17(12-14-19)15-24-22(25)20-9-5-6-10-21(20)23(24)26/h2-14,16H,15H2,1H3. The van der Waals surface area contributed by atoms with Crippen molar-refractivity contribution in [3.63, 3.8) is 0 Å². The second kappa shape index (κ2) is 6.60. The molecule has 0 aromatic heterocycles. The van der Waals surface area contributed by atoms with E-state index in [4.69, 9.17) is 0 Å². The topological polar surface area (TPSA) is 37.4 Å². The quantitative estimate of drug-likeness (QED) is 0.649. The van der Waals surface area contributed by atoms with Gasteiger partial charge in [0.1, 0.15) is 0 Å². The van der Waals surface area contributed by atoms with Crippen LogP contribution < -0.4 is 0 Å². The van der Waals surface area contributed by atoms with Crippen molar-refractivity contribution in [3.05, 3.63) is 107 Å². The molecule has 0 radical (unpaired) electrons. The highest BCUT2D eigenvalue weighted by molar-refractivity contribution is 6.21. The molecule has 0 N–H and O–H groups in total. The Hall–Kier alpha value is -3.20. The van der Waals surface area contributed by atoms with Crippen molar-refractivity contribution in [3.8, 4) is 0 Å². The highest BCUT2D eigenvalue weighted by atomic mass is 16.2. The predicted octanol–water partition coefficient (Wildman–Crippen LogP) is 4.63. The summed E-state index contributed by atoms with van der Waals surface area (Å²) in [4.78, 5) is 26.3. The van der Waals surface area contributed by atoms with Crippen molar-refractivity contribution in [1.82, 2.24) is 4.90 Å². The minimum atomic E-state index is -0.215. The Morgan fingerprint density at radius 3 is 1.77 bits per heavy atom. The fourth-order valence-electron chi connectivity index (χ4n) is 3.41. The van der Waals surface area contributed by atoms with Gasteiger partial charge < -0.3 is 0 Å². The van der Waals surface area contributed by atoms with Crippen molar-refractivity contribution >= 4 is 11.8 Å². The van der Waals surface area contributed by atoms with Gasteiger partial charge in [0.05, 0.1) is 17.7 Å². The van der Waals surface area contributed by atoms with E-state index < -0.39 is 0 Å². The number of hydrogen-bond acceptors (Lipinski definition) is 2. The van der Waals surface area contributed by atoms with Crippen LogP contribution in [0.4, 0.5) is 0 Å². The Bertz CT molecular complexity index is 926. The number of rotatable bonds is 4. The molecule has 26 heavy (non-hydrogen) atoms. The maximum atomic E-state index is 12.5. The second-order valence-electron chi connectivity index (χ2n) is 6.62. The molecule has 0 saturated carbocycles. The van der Waals surface area contributed by atoms with Gasteiger partial charge in [-0.15, -0.1) is 0 Å². The molecule has 0 saturated heterocycles. The van der Waals surface area contributed by atoms with Gasteiger partial charge in [0.2, 0.25) is 0 Å². The van der Waals surface area contributed by atoms with Crippen LogP contribution in [0.1, 0.15) is 50.2 Å². The highest BCUT2D eigenvalue weighted by Gasteiger charge is 2.34. The lowest BCUT2D eigenvalue weighted by Gasteiger charge is -2.16. The Morgan fingerprint density at radius 2 is 1.19 bits per heavy atom. The summed E-state index contributed by atoms with van der Waals surface area (Å²) in [5.41, 5.74) is 4.41. The van der Waals surface area contributed by atoms with E-state index in [0.29, 0.717) is 23.6 Å². The summed E-state index contributed by atoms with van der Waals surface area (Å²) in [5.74, 6) is -0.135. The van der Waals surface area contributed by atoms with E-state index in [2.05, 4.69) is 31.2 Å². The van der Waals surface area contributed by atoms with E-state index in [0.717, 1.165) is 5.56 Å². The lowest BCUT2D eigenvalue weighted by molar-refractivity contribution is 0.0642. The third kappa shape index (κ3) is 2.82. The molecule has 3 aromatic carbocycles. The molecule has 1 atom stereocenters. The van der Waals surface area contributed by atoms with Crippen LogP contribution in [-0.4, -0.2) is 16.7 Å². The zero-order valence-corrected chi connectivity index (χ0v) is 14.6. The SMILES string of the molecule is CC(c1ccccc1)c1ccc(CN2C(=O)c3ccccc3C2=O)cc1. The van der Waals surface area contributed by atoms with Crippen molar-refractivity contribution in [2.45, 2.75) is 19.4 Å². The molecule has 0 aliphatic carbocycles. The van der Waals surface area contributed by atoms with E-state index in [1.807, 2.05) is 30.3 Å². The van der Waals surface area contributed by atoms with Crippen LogP contribution in [0.25, 0.3) is 0 Å². The number of carbonyl (C=O) groups is 2. The summed E-state index contributed by atoms with van der Waals surface area (Å²) in [6.07, 6.45) is 0. The lowest BCUT2D eigenvalue weighted by atomic mass is 9.92. The van der Waals surface area contributed by atoms with Crippen molar-refractivity contribution in [2.24, 2.45) is 0 Å². The van der Waals surface area contributed by atoms with Gasteiger partial charge in [0.15, 0.2) is 0 Å². The maximum Gasteiger partial charge on any atom is 0.261 e. The summed E-state index contributed by atoms with van der Waals surface area (Å²) in [6.45, 7) is 2.47. The molecule has 0 fully saturated rings. The van der Waals surface area contributed by atoms with Gasteiger partial charge in [-0.25, -0.2) is 0 Å². The third-order valence-electron chi connectivity index (χ3n) is 5.00. The summed E-state index contributed by atoms with van der Waals surface area (Å²) in [7, 11) is 0. The second-order valence-corrected chi connectivity index (χ2v) is 6.62. The zero-order valence-electron chi connectivity index (χ0n) is 14.6. The molecule has 1 heterocycles. The first-order chi connectivity index (χ1) is 12.6. The first-order valence-corrected chi connectivity index (χ1v) is 8.74. The number of hydrogen-bond donors (Lipinski definition) is 0. The number of fused-ring (bicyclic) bond motifs is 1. The molecule has 0 spiro atoms. The van der Waals surface area contributed by atoms with E-state index in [-0.39, 0.29) is 11.8 Å². The smallest absolute Gasteiger partial charge is 0.261 e. The van der Waals surface area contributed by atoms with Crippen LogP contribution in [0.3, 0.4) is 0 Å². The Morgan fingerprint density at radius 1 is 0.692 bits per heavy atom. The molecule has 1 aliphatic rings. The van der Waals surface area contributed by atoms with Crippen molar-refractivity contribution < 1.29 is 9.59 Å². The average molecular weight is 341 g/mol. The minimum Gasteiger partial charge on any atom is -0.270 e. The zero-order chi connectivity index (χ0) is 18.1. The van der Waals surface area contributed by atoms with E-state index >= 15 is 0 Å². The summed E-state index contributed by atoms with van der Waals surface area (Å²) in [5, 5.41) is 0. The number of amides is 2. The fraction of sp³-hybridized carbons (Fsp3) is 0.130. The average Bonchev–Trinajstić information content (AvgIpc) is 2.94. The molecule has 1 aliphatic heterocycles. The molecule has 3 heteroatoms. The summed E-state index contributed by atoms with van der Waals surface area (Å²) >= 11 is 0. The van der Waals surface area contributed by atoms with Gasteiger partial charge in [0.25, 0.3) is 11.8 Å². The van der Waals surface area contributed by atoms with Crippen molar-refractivity contribution in [2.75, 3.05) is 0 Å². The third-order valence-corrected chi connectivity index (χ3v) is 5.00. The van der Waals surface area contributed by atoms with Gasteiger partial charge in [-0.2, -0.15) is 0 Å². The van der Waals surface area contributed by atoms with E-state index in [1.54, 1.807) is 24.3 Å². The van der Waals surface area contributed by atoms with Crippen molar-refractivity contribution in [1.29, 1.82) is 0 Å². The minimum absolute atomic E-state index is 0.215. The lowest BCUT2D eigenvalue weighted by Crippen LogP contribution is -2.29. The molecule has 3 nitrogen and oxygen atoms in total. The van der Waals surface area contributed by atoms with Crippen LogP contribution >= 0.6 is 0 Å². The van der Waals surface area contributed by atoms with E-state index in [1.165, 1.54) is 16.0 Å². The van der Waals surface area contributed by atoms with Crippen LogP contribution in [0.15, 0.2) is 78.9 Å². The van der Waals surface area contributed by atoms with Gasteiger partial charge in [-0.3, -0.25) is 14.5 Å². The number of carbonyl (C=O) groups excluding carboxylic acids is 2. The van der Waals surface area contributed by atoms with Crippen LogP contribution in [0.5, 0.6) is 0 Å². The molecular formula is C23H19NO2. The Balaban J connectivity index is 1.52. The maximum absolute atomic E-state index is 12.5. The first kappa shape index (κ1) is 16.3. The Labute approximate surface area is 152 Å². The number of imide groups is 1. The monoisotopic (exact) mass is 341 g/mol. The van der Waals surface area contributed by atoms with Crippen LogP contribution in [0, 0.1) is 0 Å². The van der Waals surface area contributed by atoms with Gasteiger partial charge in [0, 0.05) is 5.92 Å². The van der Waals surface area contributed by atoms with Crippen LogP contribution in [-0.2, 0) is 6.54 Å². The molecule has 3 aromatic rings. The van der Waals surface area contributed by atoms with Gasteiger partial charge >= 0.3 is 0 Å². The summed E-state index contributed by atoms with van der Waals surface area (Å²) < 4.78 is 0.